The largest absolute Gasteiger partial charge is 0.398 e. The number of hydrogen-bond acceptors (Lipinski definition) is 3. The Bertz CT molecular complexity index is 629. The van der Waals surface area contributed by atoms with Gasteiger partial charge < -0.3 is 11.1 Å². The molecular weight excluding hydrogens is 246 g/mol. The summed E-state index contributed by atoms with van der Waals surface area (Å²) in [4.78, 5) is 0. The molecule has 2 rings (SSSR count). The Morgan fingerprint density at radius 1 is 1.17 bits per heavy atom. The van der Waals surface area contributed by atoms with E-state index in [-0.39, 0.29) is 0 Å². The molecule has 0 radical (unpaired) electrons. The van der Waals surface area contributed by atoms with Gasteiger partial charge in [0.05, 0.1) is 11.3 Å². The third-order valence-electron chi connectivity index (χ3n) is 2.63. The Balaban J connectivity index is 2.26. The molecule has 0 spiro atoms. The topological polar surface area (TPSA) is 61.8 Å². The molecule has 2 aromatic rings. The first kappa shape index (κ1) is 12.3. The Hall–Kier alpha value is -2.18. The molecular formula is C14H12ClN3. The van der Waals surface area contributed by atoms with Gasteiger partial charge in [0.2, 0.25) is 0 Å². The van der Waals surface area contributed by atoms with Crippen LogP contribution in [0.25, 0.3) is 0 Å². The van der Waals surface area contributed by atoms with Crippen LogP contribution in [0.15, 0.2) is 36.4 Å². The summed E-state index contributed by atoms with van der Waals surface area (Å²) in [7, 11) is 0. The molecule has 3 nitrogen and oxygen atoms in total. The van der Waals surface area contributed by atoms with Gasteiger partial charge in [0, 0.05) is 16.4 Å². The van der Waals surface area contributed by atoms with Crippen LogP contribution < -0.4 is 11.1 Å². The molecule has 0 saturated heterocycles. The summed E-state index contributed by atoms with van der Waals surface area (Å²) in [5.41, 5.74) is 9.42. The molecule has 0 amide bonds. The zero-order valence-electron chi connectivity index (χ0n) is 9.87. The van der Waals surface area contributed by atoms with Crippen molar-refractivity contribution < 1.29 is 0 Å². The summed E-state index contributed by atoms with van der Waals surface area (Å²) < 4.78 is 0. The lowest BCUT2D eigenvalue weighted by molar-refractivity contribution is 1.44. The van der Waals surface area contributed by atoms with Crippen molar-refractivity contribution in [1.29, 1.82) is 5.26 Å². The first-order valence-corrected chi connectivity index (χ1v) is 5.81. The molecule has 90 valence electrons. The zero-order chi connectivity index (χ0) is 13.1. The lowest BCUT2D eigenvalue weighted by Gasteiger charge is -2.09. The lowest BCUT2D eigenvalue weighted by atomic mass is 10.1. The number of benzene rings is 2. The molecule has 18 heavy (non-hydrogen) atoms. The number of nitrogen functional groups attached to an aromatic ring is 1. The fraction of sp³-hybridized carbons (Fsp3) is 0.0714. The van der Waals surface area contributed by atoms with Crippen molar-refractivity contribution in [3.8, 4) is 6.07 Å². The van der Waals surface area contributed by atoms with Crippen molar-refractivity contribution >= 4 is 28.7 Å². The van der Waals surface area contributed by atoms with Crippen LogP contribution in [-0.4, -0.2) is 0 Å². The van der Waals surface area contributed by atoms with Gasteiger partial charge >= 0.3 is 0 Å². The maximum atomic E-state index is 8.80. The van der Waals surface area contributed by atoms with Gasteiger partial charge in [-0.25, -0.2) is 0 Å². The van der Waals surface area contributed by atoms with E-state index in [0.29, 0.717) is 16.3 Å². The van der Waals surface area contributed by atoms with Crippen molar-refractivity contribution in [3.63, 3.8) is 0 Å². The van der Waals surface area contributed by atoms with E-state index in [2.05, 4.69) is 5.32 Å². The molecule has 0 bridgehead atoms. The highest BCUT2D eigenvalue weighted by molar-refractivity contribution is 6.31. The molecule has 0 heterocycles. The fourth-order valence-electron chi connectivity index (χ4n) is 1.58. The van der Waals surface area contributed by atoms with Crippen molar-refractivity contribution in [3.05, 3.63) is 52.5 Å². The molecule has 0 aliphatic heterocycles. The minimum Gasteiger partial charge on any atom is -0.398 e. The van der Waals surface area contributed by atoms with Crippen LogP contribution in [0.2, 0.25) is 5.02 Å². The monoisotopic (exact) mass is 257 g/mol. The normalized spacial score (nSPS) is 9.83. The van der Waals surface area contributed by atoms with Crippen LogP contribution in [0, 0.1) is 18.3 Å². The van der Waals surface area contributed by atoms with E-state index in [1.807, 2.05) is 37.3 Å². The fourth-order valence-corrected chi connectivity index (χ4v) is 1.76. The maximum Gasteiger partial charge on any atom is 0.101 e. The van der Waals surface area contributed by atoms with Crippen molar-refractivity contribution in [2.45, 2.75) is 6.92 Å². The number of rotatable bonds is 2. The first-order chi connectivity index (χ1) is 8.60. The van der Waals surface area contributed by atoms with Crippen molar-refractivity contribution in [2.75, 3.05) is 11.1 Å². The Labute approximate surface area is 111 Å². The third-order valence-corrected chi connectivity index (χ3v) is 3.04. The highest BCUT2D eigenvalue weighted by Gasteiger charge is 2.02. The second-order valence-electron chi connectivity index (χ2n) is 4.00. The summed E-state index contributed by atoms with van der Waals surface area (Å²) in [5.74, 6) is 0. The van der Waals surface area contributed by atoms with Crippen LogP contribution in [0.3, 0.4) is 0 Å². The van der Waals surface area contributed by atoms with E-state index in [1.165, 1.54) is 0 Å². The van der Waals surface area contributed by atoms with Gasteiger partial charge in [0.15, 0.2) is 0 Å². The minimum atomic E-state index is 0.459. The summed E-state index contributed by atoms with van der Waals surface area (Å²) in [5, 5.41) is 12.7. The van der Waals surface area contributed by atoms with E-state index >= 15 is 0 Å². The van der Waals surface area contributed by atoms with Gasteiger partial charge in [-0.05, 0) is 42.8 Å². The van der Waals surface area contributed by atoms with Gasteiger partial charge in [0.25, 0.3) is 0 Å². The van der Waals surface area contributed by atoms with Gasteiger partial charge in [0.1, 0.15) is 6.07 Å². The molecule has 0 unspecified atom stereocenters. The zero-order valence-corrected chi connectivity index (χ0v) is 10.6. The summed E-state index contributed by atoms with van der Waals surface area (Å²) in [6, 6.07) is 13.0. The van der Waals surface area contributed by atoms with Crippen LogP contribution >= 0.6 is 11.6 Å². The second kappa shape index (κ2) is 4.99. The van der Waals surface area contributed by atoms with E-state index in [0.717, 1.165) is 16.9 Å². The molecule has 0 atom stereocenters. The van der Waals surface area contributed by atoms with Gasteiger partial charge in [-0.3, -0.25) is 0 Å². The maximum absolute atomic E-state index is 8.80. The predicted octanol–water partition coefficient (Wildman–Crippen LogP) is 3.85. The summed E-state index contributed by atoms with van der Waals surface area (Å²) in [6.07, 6.45) is 0. The quantitative estimate of drug-likeness (QED) is 0.804. The predicted molar refractivity (Wildman–Crippen MR) is 75.0 cm³/mol. The van der Waals surface area contributed by atoms with Crippen LogP contribution in [-0.2, 0) is 0 Å². The number of nitriles is 1. The number of anilines is 3. The Morgan fingerprint density at radius 3 is 2.44 bits per heavy atom. The molecule has 0 aliphatic rings. The van der Waals surface area contributed by atoms with E-state index in [4.69, 9.17) is 22.6 Å². The van der Waals surface area contributed by atoms with Crippen molar-refractivity contribution in [2.24, 2.45) is 0 Å². The molecule has 0 fully saturated rings. The molecule has 0 aliphatic carbocycles. The molecule has 3 N–H and O–H groups in total. The Kier molecular flexibility index (Phi) is 3.40. The van der Waals surface area contributed by atoms with Gasteiger partial charge in [-0.15, -0.1) is 0 Å². The van der Waals surface area contributed by atoms with E-state index in [9.17, 15) is 0 Å². The number of halogens is 1. The number of nitrogens with one attached hydrogen (secondary N) is 1. The number of hydrogen-bond donors (Lipinski definition) is 2. The van der Waals surface area contributed by atoms with E-state index < -0.39 is 0 Å². The third kappa shape index (κ3) is 2.55. The Morgan fingerprint density at radius 2 is 1.83 bits per heavy atom. The SMILES string of the molecule is Cc1ccc(Nc2ccc(C#N)c(N)c2)cc1Cl. The second-order valence-corrected chi connectivity index (χ2v) is 4.41. The number of aryl methyl sites for hydroxylation is 1. The standard InChI is InChI=1S/C14H12ClN3/c1-9-2-4-11(6-13(9)15)18-12-5-3-10(8-16)14(17)7-12/h2-7,18H,17H2,1H3. The van der Waals surface area contributed by atoms with Gasteiger partial charge in [-0.1, -0.05) is 17.7 Å². The number of nitrogens with two attached hydrogens (primary N) is 1. The minimum absolute atomic E-state index is 0.459. The lowest BCUT2D eigenvalue weighted by Crippen LogP contribution is -1.95. The molecule has 0 aromatic heterocycles. The smallest absolute Gasteiger partial charge is 0.101 e. The molecule has 2 aromatic carbocycles. The average molecular weight is 258 g/mol. The number of nitrogens with zero attached hydrogens (tertiary/aromatic N) is 1. The van der Waals surface area contributed by atoms with E-state index in [1.54, 1.807) is 12.1 Å². The van der Waals surface area contributed by atoms with Crippen molar-refractivity contribution in [1.82, 2.24) is 0 Å². The van der Waals surface area contributed by atoms with Gasteiger partial charge in [-0.2, -0.15) is 5.26 Å². The van der Waals surface area contributed by atoms with Crippen LogP contribution in [0.4, 0.5) is 17.1 Å². The average Bonchev–Trinajstić information content (AvgIpc) is 2.34. The molecule has 0 saturated carbocycles. The highest BCUT2D eigenvalue weighted by Crippen LogP contribution is 2.25. The highest BCUT2D eigenvalue weighted by atomic mass is 35.5. The summed E-state index contributed by atoms with van der Waals surface area (Å²) in [6.45, 7) is 1.95. The van der Waals surface area contributed by atoms with Crippen LogP contribution in [0.1, 0.15) is 11.1 Å². The first-order valence-electron chi connectivity index (χ1n) is 5.43. The molecule has 4 heteroatoms. The summed E-state index contributed by atoms with van der Waals surface area (Å²) >= 11 is 6.05. The van der Waals surface area contributed by atoms with Crippen LogP contribution in [0.5, 0.6) is 0 Å².